The Kier molecular flexibility index (Phi) is 16.5. The van der Waals surface area contributed by atoms with Crippen molar-refractivity contribution in [2.24, 2.45) is 17.1 Å². The summed E-state index contributed by atoms with van der Waals surface area (Å²) in [4.78, 5) is 45.9. The first-order chi connectivity index (χ1) is 15.4. The molecule has 0 aromatic rings. The van der Waals surface area contributed by atoms with Crippen LogP contribution in [0.3, 0.4) is 0 Å². The van der Waals surface area contributed by atoms with E-state index in [-0.39, 0.29) is 19.3 Å². The topological polar surface area (TPSA) is 147 Å². The van der Waals surface area contributed by atoms with E-state index in [1.54, 1.807) is 0 Å². The molecule has 0 spiro atoms. The summed E-state index contributed by atoms with van der Waals surface area (Å²) in [6.45, 7) is 6.86. The van der Waals surface area contributed by atoms with E-state index in [4.69, 9.17) is 10.8 Å². The normalized spacial score (nSPS) is 13.3. The molecule has 2 atom stereocenters. The SMILES string of the molecule is CC(C)(C)CCCCCCCCCCCCCC(C(=O)O)C(=O)NC(=O)[C@@H](N)CCC(=O)O. The lowest BCUT2D eigenvalue weighted by Gasteiger charge is -2.17. The quantitative estimate of drug-likeness (QED) is 0.159. The molecule has 0 aromatic heterocycles. The average Bonchev–Trinajstić information content (AvgIpc) is 2.70. The van der Waals surface area contributed by atoms with Crippen LogP contribution < -0.4 is 11.1 Å². The van der Waals surface area contributed by atoms with Crippen molar-refractivity contribution in [3.8, 4) is 0 Å². The number of carboxylic acids is 2. The van der Waals surface area contributed by atoms with Gasteiger partial charge in [0.25, 0.3) is 0 Å². The Hall–Kier alpha value is -1.96. The fourth-order valence-electron chi connectivity index (χ4n) is 3.67. The van der Waals surface area contributed by atoms with Gasteiger partial charge < -0.3 is 15.9 Å². The standard InChI is InChI=1S/C25H46N2O6/c1-25(2,3)18-14-12-10-8-6-4-5-7-9-11-13-15-19(24(32)33)22(30)27-23(31)20(26)16-17-21(28)29/h19-20H,4-18,26H2,1-3H3,(H,28,29)(H,32,33)(H,27,30,31)/t19?,20-/m0/s1. The maximum atomic E-state index is 12.1. The Balaban J connectivity index is 3.88. The first kappa shape index (κ1) is 31.0. The van der Waals surface area contributed by atoms with Gasteiger partial charge in [0.15, 0.2) is 0 Å². The molecule has 0 saturated heterocycles. The highest BCUT2D eigenvalue weighted by Gasteiger charge is 2.28. The van der Waals surface area contributed by atoms with E-state index in [2.05, 4.69) is 20.8 Å². The van der Waals surface area contributed by atoms with Gasteiger partial charge in [-0.25, -0.2) is 0 Å². The lowest BCUT2D eigenvalue weighted by Crippen LogP contribution is -2.47. The van der Waals surface area contributed by atoms with Gasteiger partial charge in [-0.1, -0.05) is 91.4 Å². The minimum Gasteiger partial charge on any atom is -0.481 e. The Morgan fingerprint density at radius 1 is 0.727 bits per heavy atom. The van der Waals surface area contributed by atoms with Crippen LogP contribution in [0.2, 0.25) is 0 Å². The molecule has 2 amide bonds. The van der Waals surface area contributed by atoms with Crippen LogP contribution in [0.25, 0.3) is 0 Å². The molecular formula is C25H46N2O6. The number of carbonyl (C=O) groups is 4. The maximum absolute atomic E-state index is 12.1. The van der Waals surface area contributed by atoms with E-state index in [1.807, 2.05) is 5.32 Å². The zero-order valence-corrected chi connectivity index (χ0v) is 20.9. The van der Waals surface area contributed by atoms with Crippen molar-refractivity contribution >= 4 is 23.8 Å². The van der Waals surface area contributed by atoms with E-state index in [0.717, 1.165) is 19.3 Å². The molecule has 0 heterocycles. The monoisotopic (exact) mass is 470 g/mol. The van der Waals surface area contributed by atoms with Crippen LogP contribution in [0.4, 0.5) is 0 Å². The van der Waals surface area contributed by atoms with Gasteiger partial charge in [0.2, 0.25) is 11.8 Å². The summed E-state index contributed by atoms with van der Waals surface area (Å²) >= 11 is 0. The fourth-order valence-corrected chi connectivity index (χ4v) is 3.67. The van der Waals surface area contributed by atoms with Gasteiger partial charge in [0, 0.05) is 6.42 Å². The smallest absolute Gasteiger partial charge is 0.316 e. The van der Waals surface area contributed by atoms with Gasteiger partial charge in [0.1, 0.15) is 5.92 Å². The molecule has 8 heteroatoms. The molecule has 0 aliphatic heterocycles. The number of rotatable bonds is 19. The molecular weight excluding hydrogens is 424 g/mol. The van der Waals surface area contributed by atoms with E-state index >= 15 is 0 Å². The van der Waals surface area contributed by atoms with Gasteiger partial charge in [0.05, 0.1) is 6.04 Å². The molecule has 0 aliphatic rings. The number of carboxylic acid groups (broad SMARTS) is 2. The highest BCUT2D eigenvalue weighted by atomic mass is 16.4. The predicted molar refractivity (Wildman–Crippen MR) is 129 cm³/mol. The summed E-state index contributed by atoms with van der Waals surface area (Å²) in [6, 6.07) is -1.16. The van der Waals surface area contributed by atoms with Crippen LogP contribution in [0.5, 0.6) is 0 Å². The molecule has 0 aliphatic carbocycles. The molecule has 1 unspecified atom stereocenters. The summed E-state index contributed by atoms with van der Waals surface area (Å²) in [7, 11) is 0. The number of amides is 2. The number of aliphatic carboxylic acids is 2. The van der Waals surface area contributed by atoms with Crippen LogP contribution in [0.15, 0.2) is 0 Å². The summed E-state index contributed by atoms with van der Waals surface area (Å²) in [6.07, 6.45) is 13.4. The Labute approximate surface area is 199 Å². The first-order valence-electron chi connectivity index (χ1n) is 12.5. The Morgan fingerprint density at radius 2 is 1.18 bits per heavy atom. The number of nitrogens with two attached hydrogens (primary N) is 1. The van der Waals surface area contributed by atoms with Gasteiger partial charge in [-0.2, -0.15) is 0 Å². The third-order valence-corrected chi connectivity index (χ3v) is 5.79. The second-order valence-corrected chi connectivity index (χ2v) is 10.3. The zero-order valence-electron chi connectivity index (χ0n) is 20.9. The van der Waals surface area contributed by atoms with Crippen LogP contribution in [-0.4, -0.2) is 40.0 Å². The second-order valence-electron chi connectivity index (χ2n) is 10.3. The van der Waals surface area contributed by atoms with Gasteiger partial charge in [-0.15, -0.1) is 0 Å². The molecule has 0 fully saturated rings. The average molecular weight is 471 g/mol. The van der Waals surface area contributed by atoms with Crippen molar-refractivity contribution in [2.45, 2.75) is 123 Å². The molecule has 0 aromatic carbocycles. The van der Waals surface area contributed by atoms with Crippen LogP contribution in [0.1, 0.15) is 117 Å². The number of nitrogens with one attached hydrogen (secondary N) is 1. The first-order valence-corrected chi connectivity index (χ1v) is 12.5. The van der Waals surface area contributed by atoms with E-state index in [0.29, 0.717) is 11.8 Å². The summed E-state index contributed by atoms with van der Waals surface area (Å²) in [5.41, 5.74) is 5.98. The zero-order chi connectivity index (χ0) is 25.3. The minimum absolute atomic E-state index is 0.122. The van der Waals surface area contributed by atoms with Crippen molar-refractivity contribution in [3.05, 3.63) is 0 Å². The van der Waals surface area contributed by atoms with E-state index in [9.17, 15) is 24.3 Å². The van der Waals surface area contributed by atoms with Crippen molar-refractivity contribution in [1.29, 1.82) is 0 Å². The molecule has 5 N–H and O–H groups in total. The summed E-state index contributed by atoms with van der Waals surface area (Å²) in [5.74, 6) is -5.41. The molecule has 0 bridgehead atoms. The molecule has 192 valence electrons. The molecule has 0 rings (SSSR count). The third kappa shape index (κ3) is 18.2. The van der Waals surface area contributed by atoms with E-state index < -0.39 is 35.7 Å². The third-order valence-electron chi connectivity index (χ3n) is 5.79. The van der Waals surface area contributed by atoms with Crippen LogP contribution >= 0.6 is 0 Å². The van der Waals surface area contributed by atoms with Gasteiger partial charge >= 0.3 is 11.9 Å². The van der Waals surface area contributed by atoms with Crippen LogP contribution in [0, 0.1) is 11.3 Å². The fraction of sp³-hybridized carbons (Fsp3) is 0.840. The minimum atomic E-state index is -1.31. The molecule has 0 radical (unpaired) electrons. The van der Waals surface area contributed by atoms with Gasteiger partial charge in [-0.3, -0.25) is 24.5 Å². The Morgan fingerprint density at radius 3 is 1.61 bits per heavy atom. The maximum Gasteiger partial charge on any atom is 0.316 e. The number of hydrogen-bond acceptors (Lipinski definition) is 5. The second kappa shape index (κ2) is 17.5. The largest absolute Gasteiger partial charge is 0.481 e. The highest BCUT2D eigenvalue weighted by molar-refractivity contribution is 6.05. The van der Waals surface area contributed by atoms with Crippen LogP contribution in [-0.2, 0) is 19.2 Å². The molecule has 33 heavy (non-hydrogen) atoms. The number of carbonyl (C=O) groups excluding carboxylic acids is 2. The lowest BCUT2D eigenvalue weighted by molar-refractivity contribution is -0.148. The van der Waals surface area contributed by atoms with Gasteiger partial charge in [-0.05, 0) is 24.7 Å². The molecule has 8 nitrogen and oxygen atoms in total. The molecule has 0 saturated carbocycles. The van der Waals surface area contributed by atoms with Crippen molar-refractivity contribution in [3.63, 3.8) is 0 Å². The predicted octanol–water partition coefficient (Wildman–Crippen LogP) is 4.64. The lowest BCUT2D eigenvalue weighted by atomic mass is 9.89. The van der Waals surface area contributed by atoms with Crippen molar-refractivity contribution in [2.75, 3.05) is 0 Å². The Bertz CT molecular complexity index is 600. The summed E-state index contributed by atoms with van der Waals surface area (Å²) in [5, 5.41) is 19.9. The highest BCUT2D eigenvalue weighted by Crippen LogP contribution is 2.22. The van der Waals surface area contributed by atoms with Crippen molar-refractivity contribution in [1.82, 2.24) is 5.32 Å². The number of unbranched alkanes of at least 4 members (excludes halogenated alkanes) is 10. The van der Waals surface area contributed by atoms with E-state index in [1.165, 1.54) is 51.4 Å². The summed E-state index contributed by atoms with van der Waals surface area (Å²) < 4.78 is 0. The number of imide groups is 1. The number of hydrogen-bond donors (Lipinski definition) is 4. The van der Waals surface area contributed by atoms with Crippen molar-refractivity contribution < 1.29 is 29.4 Å².